The Morgan fingerprint density at radius 1 is 1.29 bits per heavy atom. The normalized spacial score (nSPS) is 24.6. The first-order chi connectivity index (χ1) is 8.28. The molecule has 4 heteroatoms. The SMILES string of the molecule is CCc1cc(NCC2CCC(Cl)CC2)ncn1. The summed E-state index contributed by atoms with van der Waals surface area (Å²) in [4.78, 5) is 8.43. The lowest BCUT2D eigenvalue weighted by Crippen LogP contribution is -2.21. The molecule has 0 amide bonds. The molecule has 0 aromatic carbocycles. The van der Waals surface area contributed by atoms with Crippen LogP contribution in [0.2, 0.25) is 0 Å². The maximum Gasteiger partial charge on any atom is 0.129 e. The van der Waals surface area contributed by atoms with Gasteiger partial charge < -0.3 is 5.32 Å². The van der Waals surface area contributed by atoms with Crippen LogP contribution in [0.25, 0.3) is 0 Å². The van der Waals surface area contributed by atoms with E-state index in [1.54, 1.807) is 6.33 Å². The van der Waals surface area contributed by atoms with E-state index in [2.05, 4.69) is 22.2 Å². The van der Waals surface area contributed by atoms with E-state index >= 15 is 0 Å². The summed E-state index contributed by atoms with van der Waals surface area (Å²) in [6, 6.07) is 2.03. The molecule has 1 heterocycles. The largest absolute Gasteiger partial charge is 0.370 e. The quantitative estimate of drug-likeness (QED) is 0.837. The fourth-order valence-corrected chi connectivity index (χ4v) is 2.51. The number of nitrogens with zero attached hydrogens (tertiary/aromatic N) is 2. The van der Waals surface area contributed by atoms with Crippen LogP contribution in [-0.2, 0) is 6.42 Å². The standard InChI is InChI=1S/C13H20ClN3/c1-2-12-7-13(17-9-16-12)15-8-10-3-5-11(14)6-4-10/h7,9-11H,2-6,8H2,1H3,(H,15,16,17). The van der Waals surface area contributed by atoms with Gasteiger partial charge in [0.1, 0.15) is 12.1 Å². The van der Waals surface area contributed by atoms with Crippen molar-refractivity contribution in [1.29, 1.82) is 0 Å². The third-order valence-electron chi connectivity index (χ3n) is 3.43. The Bertz CT molecular complexity index is 348. The van der Waals surface area contributed by atoms with E-state index in [-0.39, 0.29) is 0 Å². The lowest BCUT2D eigenvalue weighted by atomic mass is 9.89. The van der Waals surface area contributed by atoms with Crippen molar-refractivity contribution in [1.82, 2.24) is 9.97 Å². The van der Waals surface area contributed by atoms with Crippen LogP contribution >= 0.6 is 11.6 Å². The van der Waals surface area contributed by atoms with Crippen molar-refractivity contribution in [3.05, 3.63) is 18.1 Å². The molecule has 1 saturated carbocycles. The second-order valence-electron chi connectivity index (χ2n) is 4.75. The molecule has 0 aliphatic heterocycles. The molecule has 0 bridgehead atoms. The number of nitrogens with one attached hydrogen (secondary N) is 1. The number of rotatable bonds is 4. The molecule has 1 fully saturated rings. The second-order valence-corrected chi connectivity index (χ2v) is 5.36. The maximum absolute atomic E-state index is 6.10. The predicted molar refractivity (Wildman–Crippen MR) is 71.5 cm³/mol. The third kappa shape index (κ3) is 3.84. The van der Waals surface area contributed by atoms with Crippen molar-refractivity contribution in [2.45, 2.75) is 44.4 Å². The van der Waals surface area contributed by atoms with Crippen LogP contribution in [0.4, 0.5) is 5.82 Å². The van der Waals surface area contributed by atoms with Gasteiger partial charge in [-0.2, -0.15) is 0 Å². The second kappa shape index (κ2) is 6.20. The molecule has 0 atom stereocenters. The van der Waals surface area contributed by atoms with Crippen molar-refractivity contribution < 1.29 is 0 Å². The Balaban J connectivity index is 1.81. The number of hydrogen-bond acceptors (Lipinski definition) is 3. The average molecular weight is 254 g/mol. The van der Waals surface area contributed by atoms with Gasteiger partial charge in [-0.1, -0.05) is 6.92 Å². The maximum atomic E-state index is 6.10. The van der Waals surface area contributed by atoms with Gasteiger partial charge in [-0.3, -0.25) is 0 Å². The molecule has 1 aliphatic rings. The Kier molecular flexibility index (Phi) is 4.60. The summed E-state index contributed by atoms with van der Waals surface area (Å²) in [5.41, 5.74) is 1.09. The fraction of sp³-hybridized carbons (Fsp3) is 0.692. The number of halogens is 1. The Labute approximate surface area is 108 Å². The summed E-state index contributed by atoms with van der Waals surface area (Å²) in [5.74, 6) is 1.69. The molecule has 2 rings (SSSR count). The molecule has 0 unspecified atom stereocenters. The Morgan fingerprint density at radius 3 is 2.76 bits per heavy atom. The van der Waals surface area contributed by atoms with Gasteiger partial charge >= 0.3 is 0 Å². The minimum Gasteiger partial charge on any atom is -0.370 e. The number of hydrogen-bond donors (Lipinski definition) is 1. The van der Waals surface area contributed by atoms with E-state index in [1.165, 1.54) is 12.8 Å². The van der Waals surface area contributed by atoms with E-state index in [0.717, 1.165) is 43.2 Å². The minimum absolute atomic E-state index is 0.400. The lowest BCUT2D eigenvalue weighted by molar-refractivity contribution is 0.377. The molecule has 0 radical (unpaired) electrons. The monoisotopic (exact) mass is 253 g/mol. The van der Waals surface area contributed by atoms with E-state index < -0.39 is 0 Å². The molecule has 17 heavy (non-hydrogen) atoms. The van der Waals surface area contributed by atoms with E-state index in [4.69, 9.17) is 11.6 Å². The first-order valence-electron chi connectivity index (χ1n) is 6.46. The molecule has 0 saturated heterocycles. The lowest BCUT2D eigenvalue weighted by Gasteiger charge is -2.25. The highest BCUT2D eigenvalue weighted by atomic mass is 35.5. The molecule has 1 aromatic heterocycles. The average Bonchev–Trinajstić information content (AvgIpc) is 2.38. The van der Waals surface area contributed by atoms with Crippen LogP contribution < -0.4 is 5.32 Å². The molecule has 1 aliphatic carbocycles. The minimum atomic E-state index is 0.400. The summed E-state index contributed by atoms with van der Waals surface area (Å²) in [5, 5.41) is 3.81. The highest BCUT2D eigenvalue weighted by Gasteiger charge is 2.19. The van der Waals surface area contributed by atoms with Crippen LogP contribution in [0.1, 0.15) is 38.3 Å². The van der Waals surface area contributed by atoms with Gasteiger partial charge in [-0.05, 0) is 38.0 Å². The van der Waals surface area contributed by atoms with Gasteiger partial charge in [0.15, 0.2) is 0 Å². The Hall–Kier alpha value is -0.830. The highest BCUT2D eigenvalue weighted by molar-refractivity contribution is 6.20. The smallest absolute Gasteiger partial charge is 0.129 e. The highest BCUT2D eigenvalue weighted by Crippen LogP contribution is 2.27. The molecule has 1 aromatic rings. The van der Waals surface area contributed by atoms with Crippen LogP contribution in [0, 0.1) is 5.92 Å². The van der Waals surface area contributed by atoms with Gasteiger partial charge in [-0.25, -0.2) is 9.97 Å². The van der Waals surface area contributed by atoms with Crippen LogP contribution in [-0.4, -0.2) is 21.9 Å². The summed E-state index contributed by atoms with van der Waals surface area (Å²) >= 11 is 6.10. The van der Waals surface area contributed by atoms with Crippen molar-refractivity contribution in [2.75, 3.05) is 11.9 Å². The number of aromatic nitrogens is 2. The summed E-state index contributed by atoms with van der Waals surface area (Å²) in [7, 11) is 0. The van der Waals surface area contributed by atoms with E-state index in [1.807, 2.05) is 6.07 Å². The van der Waals surface area contributed by atoms with E-state index in [9.17, 15) is 0 Å². The number of alkyl halides is 1. The zero-order valence-electron chi connectivity index (χ0n) is 10.3. The summed E-state index contributed by atoms with van der Waals surface area (Å²) in [6.45, 7) is 3.11. The molecular formula is C13H20ClN3. The van der Waals surface area contributed by atoms with Gasteiger partial charge in [0.05, 0.1) is 0 Å². The number of aryl methyl sites for hydroxylation is 1. The third-order valence-corrected chi connectivity index (χ3v) is 3.87. The van der Waals surface area contributed by atoms with Gasteiger partial charge in [0, 0.05) is 23.7 Å². The summed E-state index contributed by atoms with van der Waals surface area (Å²) < 4.78 is 0. The molecular weight excluding hydrogens is 234 g/mol. The first-order valence-corrected chi connectivity index (χ1v) is 6.90. The zero-order chi connectivity index (χ0) is 12.1. The van der Waals surface area contributed by atoms with Crippen LogP contribution in [0.5, 0.6) is 0 Å². The van der Waals surface area contributed by atoms with Crippen LogP contribution in [0.15, 0.2) is 12.4 Å². The van der Waals surface area contributed by atoms with Crippen molar-refractivity contribution in [3.8, 4) is 0 Å². The van der Waals surface area contributed by atoms with Crippen molar-refractivity contribution in [3.63, 3.8) is 0 Å². The molecule has 1 N–H and O–H groups in total. The zero-order valence-corrected chi connectivity index (χ0v) is 11.1. The fourth-order valence-electron chi connectivity index (χ4n) is 2.26. The van der Waals surface area contributed by atoms with Gasteiger partial charge in [-0.15, -0.1) is 11.6 Å². The van der Waals surface area contributed by atoms with Crippen molar-refractivity contribution in [2.24, 2.45) is 5.92 Å². The molecule has 3 nitrogen and oxygen atoms in total. The summed E-state index contributed by atoms with van der Waals surface area (Å²) in [6.07, 6.45) is 7.35. The number of anilines is 1. The van der Waals surface area contributed by atoms with Gasteiger partial charge in [0.25, 0.3) is 0 Å². The topological polar surface area (TPSA) is 37.8 Å². The van der Waals surface area contributed by atoms with Crippen LogP contribution in [0.3, 0.4) is 0 Å². The molecule has 0 spiro atoms. The van der Waals surface area contributed by atoms with Crippen molar-refractivity contribution >= 4 is 17.4 Å². The first kappa shape index (κ1) is 12.6. The Morgan fingerprint density at radius 2 is 2.06 bits per heavy atom. The van der Waals surface area contributed by atoms with Gasteiger partial charge in [0.2, 0.25) is 0 Å². The van der Waals surface area contributed by atoms with E-state index in [0.29, 0.717) is 5.38 Å². The predicted octanol–water partition coefficient (Wildman–Crippen LogP) is 3.25. The molecule has 94 valence electrons.